The number of ether oxygens (including phenoxy) is 1. The van der Waals surface area contributed by atoms with E-state index >= 15 is 0 Å². The number of carbonyl (C=O) groups is 3. The number of para-hydroxylation sites is 1. The van der Waals surface area contributed by atoms with E-state index in [0.717, 1.165) is 24.9 Å². The first kappa shape index (κ1) is 26.6. The lowest BCUT2D eigenvalue weighted by atomic mass is 9.74. The molecule has 1 unspecified atom stereocenters. The van der Waals surface area contributed by atoms with E-state index in [-0.39, 0.29) is 24.3 Å². The summed E-state index contributed by atoms with van der Waals surface area (Å²) in [6, 6.07) is 7.95. The van der Waals surface area contributed by atoms with Crippen LogP contribution in [-0.4, -0.2) is 82.2 Å². The monoisotopic (exact) mass is 521 g/mol. The van der Waals surface area contributed by atoms with E-state index in [9.17, 15) is 19.5 Å². The fourth-order valence-electron chi connectivity index (χ4n) is 6.91. The van der Waals surface area contributed by atoms with Crippen LogP contribution < -0.4 is 4.90 Å². The number of anilines is 1. The Balaban J connectivity index is 1.61. The van der Waals surface area contributed by atoms with Gasteiger partial charge in [-0.25, -0.2) is 0 Å². The van der Waals surface area contributed by atoms with Gasteiger partial charge in [-0.1, -0.05) is 69.2 Å². The molecule has 6 atom stereocenters. The lowest BCUT2D eigenvalue weighted by Crippen LogP contribution is -2.58. The third kappa shape index (κ3) is 4.00. The number of benzene rings is 1. The van der Waals surface area contributed by atoms with Crippen molar-refractivity contribution in [2.45, 2.75) is 69.7 Å². The predicted molar refractivity (Wildman–Crippen MR) is 144 cm³/mol. The molecule has 0 radical (unpaired) electrons. The van der Waals surface area contributed by atoms with Crippen molar-refractivity contribution in [2.75, 3.05) is 31.1 Å². The van der Waals surface area contributed by atoms with E-state index in [1.54, 1.807) is 14.7 Å². The molecule has 8 nitrogen and oxygen atoms in total. The SMILES string of the molecule is CCCCCN1CC=C[C@]23O[C@]4(C)C=CCN(c5ccccc5)C(=O)[C@@H]4[C@H]2C(=O)N([C@@H](CC)CO)C3C1=O. The van der Waals surface area contributed by atoms with Gasteiger partial charge in [-0.15, -0.1) is 0 Å². The third-order valence-corrected chi connectivity index (χ3v) is 8.75. The molecule has 2 saturated heterocycles. The molecule has 1 spiro atoms. The predicted octanol–water partition coefficient (Wildman–Crippen LogP) is 2.92. The molecule has 8 heteroatoms. The molecule has 4 aliphatic heterocycles. The third-order valence-electron chi connectivity index (χ3n) is 8.75. The number of amides is 3. The Labute approximate surface area is 224 Å². The van der Waals surface area contributed by atoms with Gasteiger partial charge in [0.25, 0.3) is 0 Å². The fourth-order valence-corrected chi connectivity index (χ4v) is 6.91. The molecule has 4 aliphatic rings. The van der Waals surface area contributed by atoms with E-state index in [0.29, 0.717) is 26.1 Å². The summed E-state index contributed by atoms with van der Waals surface area (Å²) in [4.78, 5) is 47.9. The molecular formula is C30H39N3O5. The maximum absolute atomic E-state index is 14.4. The highest BCUT2D eigenvalue weighted by molar-refractivity contribution is 6.04. The van der Waals surface area contributed by atoms with Crippen LogP contribution in [0.3, 0.4) is 0 Å². The normalized spacial score (nSPS) is 33.2. The molecule has 38 heavy (non-hydrogen) atoms. The Morgan fingerprint density at radius 3 is 2.39 bits per heavy atom. The van der Waals surface area contributed by atoms with Gasteiger partial charge in [0.15, 0.2) is 0 Å². The summed E-state index contributed by atoms with van der Waals surface area (Å²) in [5.74, 6) is -2.36. The van der Waals surface area contributed by atoms with E-state index in [1.807, 2.05) is 68.5 Å². The second kappa shape index (κ2) is 10.3. The van der Waals surface area contributed by atoms with Gasteiger partial charge >= 0.3 is 0 Å². The number of hydrogen-bond donors (Lipinski definition) is 1. The highest BCUT2D eigenvalue weighted by atomic mass is 16.5. The Kier molecular flexibility index (Phi) is 7.22. The molecular weight excluding hydrogens is 482 g/mol. The molecule has 0 bridgehead atoms. The summed E-state index contributed by atoms with van der Waals surface area (Å²) in [6.45, 7) is 6.99. The maximum atomic E-state index is 14.4. The number of nitrogens with zero attached hydrogens (tertiary/aromatic N) is 3. The van der Waals surface area contributed by atoms with Gasteiger partial charge in [-0.2, -0.15) is 0 Å². The van der Waals surface area contributed by atoms with Crippen molar-refractivity contribution in [3.8, 4) is 0 Å². The van der Waals surface area contributed by atoms with Crippen LogP contribution in [0.25, 0.3) is 0 Å². The van der Waals surface area contributed by atoms with Crippen LogP contribution in [0, 0.1) is 11.8 Å². The zero-order valence-corrected chi connectivity index (χ0v) is 22.6. The smallest absolute Gasteiger partial charge is 0.249 e. The van der Waals surface area contributed by atoms with Crippen LogP contribution >= 0.6 is 0 Å². The average Bonchev–Trinajstić information content (AvgIpc) is 3.19. The van der Waals surface area contributed by atoms with Gasteiger partial charge in [0.2, 0.25) is 17.7 Å². The molecule has 2 fully saturated rings. The molecule has 0 aromatic heterocycles. The van der Waals surface area contributed by atoms with E-state index in [2.05, 4.69) is 6.92 Å². The van der Waals surface area contributed by atoms with E-state index < -0.39 is 35.1 Å². The van der Waals surface area contributed by atoms with Gasteiger partial charge in [0.05, 0.1) is 30.1 Å². The Hall–Kier alpha value is -2.97. The summed E-state index contributed by atoms with van der Waals surface area (Å²) in [5, 5.41) is 10.3. The lowest BCUT2D eigenvalue weighted by Gasteiger charge is -2.40. The number of carbonyl (C=O) groups excluding carboxylic acids is 3. The van der Waals surface area contributed by atoms with Crippen molar-refractivity contribution < 1.29 is 24.2 Å². The first-order valence-corrected chi connectivity index (χ1v) is 14.0. The van der Waals surface area contributed by atoms with Gasteiger partial charge < -0.3 is 24.5 Å². The quantitative estimate of drug-likeness (QED) is 0.420. The molecule has 1 aromatic rings. The van der Waals surface area contributed by atoms with Crippen LogP contribution in [0.2, 0.25) is 0 Å². The number of aliphatic hydroxyl groups excluding tert-OH is 1. The van der Waals surface area contributed by atoms with Crippen molar-refractivity contribution >= 4 is 23.4 Å². The van der Waals surface area contributed by atoms with Gasteiger partial charge in [-0.3, -0.25) is 14.4 Å². The average molecular weight is 522 g/mol. The number of rotatable bonds is 8. The molecule has 1 N–H and O–H groups in total. The highest BCUT2D eigenvalue weighted by Gasteiger charge is 2.75. The Morgan fingerprint density at radius 1 is 0.974 bits per heavy atom. The maximum Gasteiger partial charge on any atom is 0.249 e. The van der Waals surface area contributed by atoms with Gasteiger partial charge in [0.1, 0.15) is 11.6 Å². The van der Waals surface area contributed by atoms with Crippen molar-refractivity contribution in [2.24, 2.45) is 11.8 Å². The number of hydrogen-bond acceptors (Lipinski definition) is 5. The van der Waals surface area contributed by atoms with E-state index in [4.69, 9.17) is 4.74 Å². The summed E-state index contributed by atoms with van der Waals surface area (Å²) < 4.78 is 6.85. The number of unbranched alkanes of at least 4 members (excludes halogenated alkanes) is 2. The minimum Gasteiger partial charge on any atom is -0.394 e. The minimum atomic E-state index is -1.30. The van der Waals surface area contributed by atoms with Crippen molar-refractivity contribution in [3.63, 3.8) is 0 Å². The van der Waals surface area contributed by atoms with Crippen molar-refractivity contribution in [3.05, 3.63) is 54.6 Å². The van der Waals surface area contributed by atoms with Crippen LogP contribution in [-0.2, 0) is 19.1 Å². The lowest BCUT2D eigenvalue weighted by molar-refractivity contribution is -0.154. The summed E-state index contributed by atoms with van der Waals surface area (Å²) in [7, 11) is 0. The molecule has 1 aromatic carbocycles. The summed E-state index contributed by atoms with van der Waals surface area (Å²) in [6.07, 6.45) is 11.0. The zero-order chi connectivity index (χ0) is 27.1. The Morgan fingerprint density at radius 2 is 1.71 bits per heavy atom. The van der Waals surface area contributed by atoms with Crippen LogP contribution in [0.5, 0.6) is 0 Å². The Bertz CT molecular complexity index is 1130. The first-order valence-electron chi connectivity index (χ1n) is 14.0. The van der Waals surface area contributed by atoms with Gasteiger partial charge in [-0.05, 0) is 31.9 Å². The topological polar surface area (TPSA) is 90.4 Å². The van der Waals surface area contributed by atoms with Crippen LogP contribution in [0.15, 0.2) is 54.6 Å². The molecule has 0 saturated carbocycles. The fraction of sp³-hybridized carbons (Fsp3) is 0.567. The number of aliphatic hydroxyl groups is 1. The summed E-state index contributed by atoms with van der Waals surface area (Å²) >= 11 is 0. The second-order valence-electron chi connectivity index (χ2n) is 11.1. The minimum absolute atomic E-state index is 0.176. The van der Waals surface area contributed by atoms with Gasteiger partial charge in [0, 0.05) is 25.3 Å². The van der Waals surface area contributed by atoms with Crippen molar-refractivity contribution in [1.29, 1.82) is 0 Å². The van der Waals surface area contributed by atoms with Crippen LogP contribution in [0.4, 0.5) is 5.69 Å². The largest absolute Gasteiger partial charge is 0.394 e. The standard InChI is InChI=1S/C30H39N3O5/c1-4-6-10-17-31-18-12-16-30-24(27(36)33(21(5-2)20-34)25(30)28(31)37)23-26(35)32(22-13-8-7-9-14-22)19-11-15-29(23,3)38-30/h7-9,11-16,21,23-25,34H,4-6,10,17-20H2,1-3H3/t21-,23-,24-,25?,29+,30-/m0/s1. The molecule has 5 rings (SSSR count). The zero-order valence-electron chi connectivity index (χ0n) is 22.6. The molecule has 4 heterocycles. The second-order valence-corrected chi connectivity index (χ2v) is 11.1. The molecule has 0 aliphatic carbocycles. The number of fused-ring (bicyclic) bond motifs is 2. The summed E-state index contributed by atoms with van der Waals surface area (Å²) in [5.41, 5.74) is -1.61. The van der Waals surface area contributed by atoms with Crippen molar-refractivity contribution in [1.82, 2.24) is 9.80 Å². The highest BCUT2D eigenvalue weighted by Crippen LogP contribution is 2.58. The van der Waals surface area contributed by atoms with E-state index in [1.165, 1.54) is 0 Å². The molecule has 3 amide bonds. The number of likely N-dealkylation sites (tertiary alicyclic amines) is 1. The first-order chi connectivity index (χ1) is 18.3. The molecule has 204 valence electrons. The van der Waals surface area contributed by atoms with Crippen LogP contribution in [0.1, 0.15) is 46.5 Å².